The van der Waals surface area contributed by atoms with Crippen LogP contribution in [0.4, 0.5) is 5.69 Å². The quantitative estimate of drug-likeness (QED) is 0.389. The van der Waals surface area contributed by atoms with Gasteiger partial charge in [-0.2, -0.15) is 0 Å². The van der Waals surface area contributed by atoms with Crippen LogP contribution < -0.4 is 4.90 Å². The molecule has 1 aliphatic heterocycles. The van der Waals surface area contributed by atoms with Crippen LogP contribution in [0.1, 0.15) is 48.9 Å². The zero-order valence-corrected chi connectivity index (χ0v) is 21.7. The standard InChI is InChI=1S/C33H31NO3/c1-5-32-25(22-13-9-7-10-14-22)26(23-15-11-8-12-16-23)33(6-2,31(32)37)28-27(32)29(35)34(30(28)36)24-18-17-20(3)21(4)19-24/h7-19,27-28H,5-6H2,1-4H3/t27-,28-,32-,33+/m1/s1. The highest BCUT2D eigenvalue weighted by Crippen LogP contribution is 2.75. The fourth-order valence-electron chi connectivity index (χ4n) is 7.57. The fourth-order valence-corrected chi connectivity index (χ4v) is 7.57. The molecule has 1 heterocycles. The summed E-state index contributed by atoms with van der Waals surface area (Å²) in [6, 6.07) is 25.7. The first-order valence-corrected chi connectivity index (χ1v) is 13.2. The number of benzene rings is 3. The number of rotatable bonds is 5. The van der Waals surface area contributed by atoms with Crippen molar-refractivity contribution in [3.05, 3.63) is 101 Å². The zero-order chi connectivity index (χ0) is 26.1. The molecule has 186 valence electrons. The molecule has 2 amide bonds. The summed E-state index contributed by atoms with van der Waals surface area (Å²) in [6.45, 7) is 7.99. The van der Waals surface area contributed by atoms with Gasteiger partial charge in [-0.1, -0.05) is 80.6 Å². The van der Waals surface area contributed by atoms with Gasteiger partial charge in [0.15, 0.2) is 5.78 Å². The summed E-state index contributed by atoms with van der Waals surface area (Å²) in [5, 5.41) is 0. The van der Waals surface area contributed by atoms with Crippen LogP contribution in [0.5, 0.6) is 0 Å². The highest BCUT2D eigenvalue weighted by atomic mass is 16.2. The van der Waals surface area contributed by atoms with Crippen molar-refractivity contribution in [1.82, 2.24) is 0 Å². The number of hydrogen-bond acceptors (Lipinski definition) is 3. The Hall–Kier alpha value is -3.79. The molecule has 0 unspecified atom stereocenters. The first-order chi connectivity index (χ1) is 17.8. The van der Waals surface area contributed by atoms with Crippen LogP contribution >= 0.6 is 0 Å². The van der Waals surface area contributed by atoms with Crippen LogP contribution in [0, 0.1) is 36.5 Å². The summed E-state index contributed by atoms with van der Waals surface area (Å²) >= 11 is 0. The molecule has 0 spiro atoms. The van der Waals surface area contributed by atoms with Gasteiger partial charge in [0.25, 0.3) is 0 Å². The summed E-state index contributed by atoms with van der Waals surface area (Å²) < 4.78 is 0. The number of ketones is 1. The van der Waals surface area contributed by atoms with Gasteiger partial charge in [0, 0.05) is 0 Å². The lowest BCUT2D eigenvalue weighted by atomic mass is 9.60. The zero-order valence-electron chi connectivity index (χ0n) is 21.7. The first-order valence-electron chi connectivity index (χ1n) is 13.2. The van der Waals surface area contributed by atoms with E-state index in [4.69, 9.17) is 0 Å². The summed E-state index contributed by atoms with van der Waals surface area (Å²) in [7, 11) is 0. The van der Waals surface area contributed by atoms with Gasteiger partial charge in [-0.15, -0.1) is 0 Å². The Bertz CT molecular complexity index is 1400. The van der Waals surface area contributed by atoms with E-state index in [-0.39, 0.29) is 17.6 Å². The predicted molar refractivity (Wildman–Crippen MR) is 146 cm³/mol. The van der Waals surface area contributed by atoms with E-state index in [0.29, 0.717) is 18.5 Å². The third kappa shape index (κ3) is 2.76. The molecule has 37 heavy (non-hydrogen) atoms. The molecule has 4 atom stereocenters. The summed E-state index contributed by atoms with van der Waals surface area (Å²) in [6.07, 6.45) is 0.935. The molecule has 2 aliphatic carbocycles. The van der Waals surface area contributed by atoms with Crippen molar-refractivity contribution in [3.63, 3.8) is 0 Å². The third-order valence-corrected chi connectivity index (χ3v) is 9.31. The van der Waals surface area contributed by atoms with Crippen LogP contribution in [0.25, 0.3) is 11.1 Å². The molecule has 6 rings (SSSR count). The third-order valence-electron chi connectivity index (χ3n) is 9.31. The molecule has 3 aromatic rings. The molecule has 2 fully saturated rings. The van der Waals surface area contributed by atoms with Crippen LogP contribution in [-0.2, 0) is 14.4 Å². The van der Waals surface area contributed by atoms with E-state index >= 15 is 0 Å². The summed E-state index contributed by atoms with van der Waals surface area (Å²) in [5.74, 6) is -1.86. The van der Waals surface area contributed by atoms with Crippen LogP contribution in [0.15, 0.2) is 78.9 Å². The topological polar surface area (TPSA) is 54.5 Å². The second-order valence-corrected chi connectivity index (χ2v) is 10.7. The smallest absolute Gasteiger partial charge is 0.239 e. The minimum Gasteiger partial charge on any atom is -0.298 e. The normalized spacial score (nSPS) is 28.4. The molecular weight excluding hydrogens is 458 g/mol. The first kappa shape index (κ1) is 23.6. The maximum Gasteiger partial charge on any atom is 0.239 e. The number of aryl methyl sites for hydroxylation is 2. The highest BCUT2D eigenvalue weighted by molar-refractivity contribution is 6.34. The Kier molecular flexibility index (Phi) is 5.17. The molecule has 3 aromatic carbocycles. The van der Waals surface area contributed by atoms with Crippen molar-refractivity contribution in [3.8, 4) is 0 Å². The SMILES string of the molecule is CC[C@]12C(=O)[C@](CC)(C(c3ccccc3)=C1c1ccccc1)[C@H]1C(=O)N(c3ccc(C)c(C)c3)C(=O)[C@@H]12. The van der Waals surface area contributed by atoms with Crippen LogP contribution in [-0.4, -0.2) is 17.6 Å². The van der Waals surface area contributed by atoms with Gasteiger partial charge < -0.3 is 0 Å². The number of allylic oxidation sites excluding steroid dienone is 2. The van der Waals surface area contributed by atoms with E-state index in [2.05, 4.69) is 0 Å². The molecule has 4 nitrogen and oxygen atoms in total. The van der Waals surface area contributed by atoms with Gasteiger partial charge in [0.05, 0.1) is 28.4 Å². The van der Waals surface area contributed by atoms with E-state index in [1.807, 2.05) is 107 Å². The van der Waals surface area contributed by atoms with E-state index in [0.717, 1.165) is 33.4 Å². The predicted octanol–water partition coefficient (Wildman–Crippen LogP) is 6.41. The highest BCUT2D eigenvalue weighted by Gasteiger charge is 2.80. The molecule has 2 bridgehead atoms. The van der Waals surface area contributed by atoms with Crippen molar-refractivity contribution in [2.75, 3.05) is 4.90 Å². The lowest BCUT2D eigenvalue weighted by molar-refractivity contribution is -0.134. The number of carbonyl (C=O) groups excluding carboxylic acids is 3. The maximum atomic E-state index is 14.7. The van der Waals surface area contributed by atoms with E-state index in [1.54, 1.807) is 0 Å². The van der Waals surface area contributed by atoms with E-state index in [1.165, 1.54) is 4.90 Å². The largest absolute Gasteiger partial charge is 0.298 e. The van der Waals surface area contributed by atoms with Crippen molar-refractivity contribution in [2.24, 2.45) is 22.7 Å². The Balaban J connectivity index is 1.66. The van der Waals surface area contributed by atoms with Crippen molar-refractivity contribution in [1.29, 1.82) is 0 Å². The van der Waals surface area contributed by atoms with Gasteiger partial charge in [0.1, 0.15) is 0 Å². The Morgan fingerprint density at radius 2 is 1.11 bits per heavy atom. The van der Waals surface area contributed by atoms with Gasteiger partial charge in [0.2, 0.25) is 11.8 Å². The van der Waals surface area contributed by atoms with Gasteiger partial charge in [-0.05, 0) is 72.2 Å². The molecule has 0 radical (unpaired) electrons. The average Bonchev–Trinajstić information content (AvgIpc) is 3.42. The van der Waals surface area contributed by atoms with Gasteiger partial charge in [-0.25, -0.2) is 4.90 Å². The Labute approximate surface area is 218 Å². The average molecular weight is 490 g/mol. The Morgan fingerprint density at radius 3 is 1.51 bits per heavy atom. The number of amides is 2. The molecule has 4 heteroatoms. The number of imide groups is 1. The van der Waals surface area contributed by atoms with E-state index in [9.17, 15) is 14.4 Å². The number of fused-ring (bicyclic) bond motifs is 5. The van der Waals surface area contributed by atoms with Crippen molar-refractivity contribution >= 4 is 34.4 Å². The number of anilines is 1. The summed E-state index contributed by atoms with van der Waals surface area (Å²) in [4.78, 5) is 44.7. The molecule has 0 aromatic heterocycles. The molecular formula is C33H31NO3. The minimum atomic E-state index is -1.05. The van der Waals surface area contributed by atoms with Gasteiger partial charge in [-0.3, -0.25) is 14.4 Å². The number of hydrogen-bond donors (Lipinski definition) is 0. The second-order valence-electron chi connectivity index (χ2n) is 10.7. The van der Waals surface area contributed by atoms with E-state index < -0.39 is 22.7 Å². The lowest BCUT2D eigenvalue weighted by Gasteiger charge is -2.38. The monoisotopic (exact) mass is 489 g/mol. The van der Waals surface area contributed by atoms with Crippen molar-refractivity contribution in [2.45, 2.75) is 40.5 Å². The Morgan fingerprint density at radius 1 is 0.649 bits per heavy atom. The molecule has 0 N–H and O–H groups in total. The molecule has 1 saturated heterocycles. The molecule has 1 saturated carbocycles. The maximum absolute atomic E-state index is 14.7. The number of Topliss-reactive ketones (excluding diaryl/α,β-unsaturated/α-hetero) is 1. The lowest BCUT2D eigenvalue weighted by Crippen LogP contribution is -2.41. The van der Waals surface area contributed by atoms with Crippen molar-refractivity contribution < 1.29 is 14.4 Å². The minimum absolute atomic E-state index is 0.0409. The number of carbonyl (C=O) groups is 3. The number of nitrogens with zero attached hydrogens (tertiary/aromatic N) is 1. The fraction of sp³-hybridized carbons (Fsp3) is 0.303. The second kappa shape index (κ2) is 8.11. The molecule has 3 aliphatic rings. The summed E-state index contributed by atoms with van der Waals surface area (Å²) in [5.41, 5.74) is 4.40. The van der Waals surface area contributed by atoms with Crippen LogP contribution in [0.2, 0.25) is 0 Å². The van der Waals surface area contributed by atoms with Gasteiger partial charge >= 0.3 is 0 Å². The van der Waals surface area contributed by atoms with Crippen LogP contribution in [0.3, 0.4) is 0 Å².